The third-order valence-corrected chi connectivity index (χ3v) is 3.52. The molecule has 1 aliphatic heterocycles. The summed E-state index contributed by atoms with van der Waals surface area (Å²) in [7, 11) is 0. The van der Waals surface area contributed by atoms with Crippen LogP contribution in [0.2, 0.25) is 0 Å². The molecule has 1 N–H and O–H groups in total. The largest absolute Gasteiger partial charge is 0.306 e. The van der Waals surface area contributed by atoms with Crippen molar-refractivity contribution < 1.29 is 0 Å². The molecule has 3 rings (SSSR count). The molecule has 1 aliphatic carbocycles. The zero-order valence-corrected chi connectivity index (χ0v) is 7.79. The Morgan fingerprint density at radius 2 is 2.00 bits per heavy atom. The molecule has 0 amide bonds. The van der Waals surface area contributed by atoms with E-state index in [1.54, 1.807) is 5.56 Å². The Labute approximate surface area is 79.2 Å². The molecule has 0 radical (unpaired) electrons. The van der Waals surface area contributed by atoms with Crippen LogP contribution < -0.4 is 5.32 Å². The topological polar surface area (TPSA) is 12.0 Å². The van der Waals surface area contributed by atoms with Crippen molar-refractivity contribution in [1.29, 1.82) is 0 Å². The maximum Gasteiger partial charge on any atom is 0.0354 e. The lowest BCUT2D eigenvalue weighted by Crippen LogP contribution is -2.26. The first-order valence-electron chi connectivity index (χ1n) is 5.26. The zero-order valence-electron chi connectivity index (χ0n) is 7.79. The molecule has 0 spiro atoms. The number of rotatable bonds is 1. The summed E-state index contributed by atoms with van der Waals surface area (Å²) in [6.07, 6.45) is 4.28. The number of nitrogens with one attached hydrogen (secondary N) is 1. The molecule has 0 bridgehead atoms. The minimum Gasteiger partial charge on any atom is -0.306 e. The van der Waals surface area contributed by atoms with E-state index < -0.39 is 0 Å². The standard InChI is InChI=1S/C12H15N/c1-2-7-11-10(4-1)8-13-12(11)9-5-3-6-9/h1-2,4,7,9,12-13H,3,5-6,8H2. The number of benzene rings is 1. The van der Waals surface area contributed by atoms with Crippen molar-refractivity contribution in [2.75, 3.05) is 0 Å². The van der Waals surface area contributed by atoms with Gasteiger partial charge in [0, 0.05) is 12.6 Å². The molecule has 1 heteroatoms. The molecule has 0 saturated heterocycles. The van der Waals surface area contributed by atoms with Crippen LogP contribution in [0.3, 0.4) is 0 Å². The molecule has 1 heterocycles. The van der Waals surface area contributed by atoms with Gasteiger partial charge >= 0.3 is 0 Å². The van der Waals surface area contributed by atoms with Gasteiger partial charge in [-0.05, 0) is 29.9 Å². The van der Waals surface area contributed by atoms with Gasteiger partial charge in [0.15, 0.2) is 0 Å². The Bertz CT molecular complexity index is 315. The average molecular weight is 173 g/mol. The molecule has 0 aromatic heterocycles. The van der Waals surface area contributed by atoms with Crippen molar-refractivity contribution in [3.63, 3.8) is 0 Å². The molecule has 1 atom stereocenters. The summed E-state index contributed by atoms with van der Waals surface area (Å²) in [5.74, 6) is 0.920. The van der Waals surface area contributed by atoms with Gasteiger partial charge in [-0.2, -0.15) is 0 Å². The van der Waals surface area contributed by atoms with Crippen LogP contribution in [0.4, 0.5) is 0 Å². The molecule has 68 valence electrons. The first kappa shape index (κ1) is 7.57. The van der Waals surface area contributed by atoms with E-state index in [-0.39, 0.29) is 0 Å². The van der Waals surface area contributed by atoms with Crippen molar-refractivity contribution in [2.45, 2.75) is 31.8 Å². The molecular weight excluding hydrogens is 158 g/mol. The predicted octanol–water partition coefficient (Wildman–Crippen LogP) is 2.63. The van der Waals surface area contributed by atoms with Gasteiger partial charge in [-0.1, -0.05) is 30.7 Å². The normalized spacial score (nSPS) is 26.9. The Morgan fingerprint density at radius 3 is 2.77 bits per heavy atom. The minimum atomic E-state index is 0.671. The van der Waals surface area contributed by atoms with Crippen LogP contribution >= 0.6 is 0 Å². The van der Waals surface area contributed by atoms with Gasteiger partial charge in [-0.3, -0.25) is 0 Å². The number of hydrogen-bond donors (Lipinski definition) is 1. The Hall–Kier alpha value is -0.820. The maximum absolute atomic E-state index is 3.62. The first-order valence-corrected chi connectivity index (χ1v) is 5.26. The Morgan fingerprint density at radius 1 is 1.15 bits per heavy atom. The quantitative estimate of drug-likeness (QED) is 0.688. The number of hydrogen-bond acceptors (Lipinski definition) is 1. The Balaban J connectivity index is 1.93. The van der Waals surface area contributed by atoms with Gasteiger partial charge in [-0.25, -0.2) is 0 Å². The van der Waals surface area contributed by atoms with Gasteiger partial charge < -0.3 is 5.32 Å². The highest BCUT2D eigenvalue weighted by molar-refractivity contribution is 5.34. The zero-order chi connectivity index (χ0) is 8.67. The summed E-state index contributed by atoms with van der Waals surface area (Å²) in [6.45, 7) is 1.08. The van der Waals surface area contributed by atoms with E-state index in [1.165, 1.54) is 24.8 Å². The van der Waals surface area contributed by atoms with E-state index in [9.17, 15) is 0 Å². The maximum atomic E-state index is 3.62. The van der Waals surface area contributed by atoms with Crippen LogP contribution in [0.1, 0.15) is 36.4 Å². The van der Waals surface area contributed by atoms with E-state index >= 15 is 0 Å². The summed E-state index contributed by atoms with van der Waals surface area (Å²) in [6, 6.07) is 9.52. The summed E-state index contributed by atoms with van der Waals surface area (Å²) in [5, 5.41) is 3.62. The van der Waals surface area contributed by atoms with Crippen molar-refractivity contribution in [3.8, 4) is 0 Å². The van der Waals surface area contributed by atoms with Gasteiger partial charge in [0.2, 0.25) is 0 Å². The fourth-order valence-corrected chi connectivity index (χ4v) is 2.52. The van der Waals surface area contributed by atoms with Crippen LogP contribution in [0, 0.1) is 5.92 Å². The van der Waals surface area contributed by atoms with Crippen LogP contribution in [0.5, 0.6) is 0 Å². The van der Waals surface area contributed by atoms with Gasteiger partial charge in [0.25, 0.3) is 0 Å². The summed E-state index contributed by atoms with van der Waals surface area (Å²) >= 11 is 0. The minimum absolute atomic E-state index is 0.671. The van der Waals surface area contributed by atoms with E-state index in [2.05, 4.69) is 29.6 Å². The second kappa shape index (κ2) is 2.85. The molecular formula is C12H15N. The highest BCUT2D eigenvalue weighted by Gasteiger charge is 2.32. The highest BCUT2D eigenvalue weighted by atomic mass is 14.9. The summed E-state index contributed by atoms with van der Waals surface area (Å²) in [4.78, 5) is 0. The lowest BCUT2D eigenvalue weighted by Gasteiger charge is -2.31. The van der Waals surface area contributed by atoms with Crippen molar-refractivity contribution in [1.82, 2.24) is 5.32 Å². The molecule has 1 unspecified atom stereocenters. The molecule has 1 saturated carbocycles. The van der Waals surface area contributed by atoms with E-state index in [4.69, 9.17) is 0 Å². The third kappa shape index (κ3) is 1.11. The number of fused-ring (bicyclic) bond motifs is 1. The lowest BCUT2D eigenvalue weighted by molar-refractivity contribution is 0.240. The summed E-state index contributed by atoms with van der Waals surface area (Å²) in [5.41, 5.74) is 3.08. The van der Waals surface area contributed by atoms with Gasteiger partial charge in [0.05, 0.1) is 0 Å². The fraction of sp³-hybridized carbons (Fsp3) is 0.500. The van der Waals surface area contributed by atoms with Crippen LogP contribution in [-0.2, 0) is 6.54 Å². The lowest BCUT2D eigenvalue weighted by atomic mass is 9.77. The average Bonchev–Trinajstić information content (AvgIpc) is 2.47. The van der Waals surface area contributed by atoms with E-state index in [0.717, 1.165) is 12.5 Å². The second-order valence-electron chi connectivity index (χ2n) is 4.25. The van der Waals surface area contributed by atoms with Crippen molar-refractivity contribution in [2.24, 2.45) is 5.92 Å². The summed E-state index contributed by atoms with van der Waals surface area (Å²) < 4.78 is 0. The second-order valence-corrected chi connectivity index (χ2v) is 4.25. The van der Waals surface area contributed by atoms with E-state index in [1.807, 2.05) is 0 Å². The Kier molecular flexibility index (Phi) is 1.66. The third-order valence-electron chi connectivity index (χ3n) is 3.52. The van der Waals surface area contributed by atoms with Crippen LogP contribution in [0.15, 0.2) is 24.3 Å². The van der Waals surface area contributed by atoms with Crippen molar-refractivity contribution >= 4 is 0 Å². The molecule has 1 aromatic rings. The predicted molar refractivity (Wildman–Crippen MR) is 53.4 cm³/mol. The molecule has 13 heavy (non-hydrogen) atoms. The van der Waals surface area contributed by atoms with E-state index in [0.29, 0.717) is 6.04 Å². The molecule has 1 aromatic carbocycles. The smallest absolute Gasteiger partial charge is 0.0354 e. The first-order chi connectivity index (χ1) is 6.45. The molecule has 2 aliphatic rings. The van der Waals surface area contributed by atoms with Gasteiger partial charge in [-0.15, -0.1) is 0 Å². The molecule has 1 nitrogen and oxygen atoms in total. The highest BCUT2D eigenvalue weighted by Crippen LogP contribution is 2.41. The SMILES string of the molecule is c1ccc2c(c1)CNC2C1CCC1. The fourth-order valence-electron chi connectivity index (χ4n) is 2.52. The molecule has 1 fully saturated rings. The van der Waals surface area contributed by atoms with Crippen molar-refractivity contribution in [3.05, 3.63) is 35.4 Å². The van der Waals surface area contributed by atoms with Gasteiger partial charge in [0.1, 0.15) is 0 Å². The monoisotopic (exact) mass is 173 g/mol. The van der Waals surface area contributed by atoms with Crippen LogP contribution in [-0.4, -0.2) is 0 Å². The van der Waals surface area contributed by atoms with Crippen LogP contribution in [0.25, 0.3) is 0 Å².